The molecular weight excluding hydrogens is 488 g/mol. The third-order valence-corrected chi connectivity index (χ3v) is 9.45. The second kappa shape index (κ2) is 7.63. The highest BCUT2D eigenvalue weighted by Crippen LogP contribution is 2.56. The van der Waals surface area contributed by atoms with E-state index in [4.69, 9.17) is 0 Å². The predicted octanol–water partition coefficient (Wildman–Crippen LogP) is 4.33. The number of rotatable bonds is 2. The Bertz CT molecular complexity index is 1600. The zero-order chi connectivity index (χ0) is 27.5. The first kappa shape index (κ1) is 24.2. The fourth-order valence-electron chi connectivity index (χ4n) is 7.36. The Morgan fingerprint density at radius 3 is 2.54 bits per heavy atom. The van der Waals surface area contributed by atoms with E-state index in [0.29, 0.717) is 6.42 Å². The number of carbonyl (C=O) groups is 2. The lowest BCUT2D eigenvalue weighted by Crippen LogP contribution is -2.67. The van der Waals surface area contributed by atoms with Crippen molar-refractivity contribution in [3.8, 4) is 0 Å². The van der Waals surface area contributed by atoms with Gasteiger partial charge in [-0.05, 0) is 31.5 Å². The average Bonchev–Trinajstić information content (AvgIpc) is 3.51. The van der Waals surface area contributed by atoms with E-state index < -0.39 is 29.4 Å². The molecule has 2 fully saturated rings. The van der Waals surface area contributed by atoms with Crippen molar-refractivity contribution in [1.82, 2.24) is 14.8 Å². The standard InChI is InChI=1S/C32H34N4O3/c1-6-31(4,5)36-23-14-10-8-12-21(23)32(39)18-25-27(37)34-16-15-30(2,3)26-20(19-11-7-9-13-22(19)33-26)17-24(34)28(38)35(25)29(32)36/h6-16,24-25,29,33,39H,1,17-18H2,2-5H3/t24-,25-,29-,32-/m0/s1. The minimum atomic E-state index is -1.37. The van der Waals surface area contributed by atoms with Crippen LogP contribution >= 0.6 is 0 Å². The van der Waals surface area contributed by atoms with Gasteiger partial charge >= 0.3 is 0 Å². The summed E-state index contributed by atoms with van der Waals surface area (Å²) in [6.07, 6.45) is 5.49. The van der Waals surface area contributed by atoms with Gasteiger partial charge in [0, 0.05) is 52.3 Å². The fourth-order valence-corrected chi connectivity index (χ4v) is 7.36. The molecule has 4 aliphatic heterocycles. The van der Waals surface area contributed by atoms with Crippen LogP contribution < -0.4 is 4.90 Å². The molecule has 2 amide bonds. The van der Waals surface area contributed by atoms with Crippen LogP contribution in [0.3, 0.4) is 0 Å². The number of nitrogens with one attached hydrogen (secondary N) is 1. The summed E-state index contributed by atoms with van der Waals surface area (Å²) in [5, 5.41) is 13.4. The minimum absolute atomic E-state index is 0.140. The average molecular weight is 523 g/mol. The molecular formula is C32H34N4O3. The van der Waals surface area contributed by atoms with Gasteiger partial charge in [0.1, 0.15) is 23.9 Å². The van der Waals surface area contributed by atoms with Crippen LogP contribution in [0.1, 0.15) is 50.9 Å². The number of H-pyrrole nitrogens is 1. The number of aliphatic hydroxyl groups is 1. The molecule has 7 heteroatoms. The zero-order valence-corrected chi connectivity index (χ0v) is 22.8. The van der Waals surface area contributed by atoms with E-state index in [9.17, 15) is 14.7 Å². The Balaban J connectivity index is 1.39. The molecule has 2 saturated heterocycles. The largest absolute Gasteiger partial charge is 0.381 e. The first-order valence-corrected chi connectivity index (χ1v) is 13.7. The molecule has 39 heavy (non-hydrogen) atoms. The van der Waals surface area contributed by atoms with Crippen molar-refractivity contribution in [2.75, 3.05) is 4.90 Å². The van der Waals surface area contributed by atoms with Crippen LogP contribution in [0.25, 0.3) is 10.9 Å². The lowest BCUT2D eigenvalue weighted by molar-refractivity contribution is -0.159. The van der Waals surface area contributed by atoms with E-state index in [1.807, 2.05) is 68.5 Å². The van der Waals surface area contributed by atoms with Crippen molar-refractivity contribution in [2.24, 2.45) is 0 Å². The number of hydrogen-bond donors (Lipinski definition) is 2. The number of fused-ring (bicyclic) bond motifs is 9. The van der Waals surface area contributed by atoms with E-state index in [-0.39, 0.29) is 23.7 Å². The van der Waals surface area contributed by atoms with Gasteiger partial charge in [-0.15, -0.1) is 6.58 Å². The van der Waals surface area contributed by atoms with Gasteiger partial charge in [-0.2, -0.15) is 0 Å². The minimum Gasteiger partial charge on any atom is -0.381 e. The van der Waals surface area contributed by atoms with Gasteiger partial charge in [-0.3, -0.25) is 9.59 Å². The molecule has 0 radical (unpaired) electrons. The van der Waals surface area contributed by atoms with E-state index in [0.717, 1.165) is 33.4 Å². The summed E-state index contributed by atoms with van der Waals surface area (Å²) in [7, 11) is 0. The molecule has 0 saturated carbocycles. The molecule has 0 bridgehead atoms. The van der Waals surface area contributed by atoms with E-state index in [1.165, 1.54) is 0 Å². The van der Waals surface area contributed by atoms with E-state index in [1.54, 1.807) is 16.0 Å². The monoisotopic (exact) mass is 522 g/mol. The van der Waals surface area contributed by atoms with Gasteiger partial charge in [0.2, 0.25) is 11.8 Å². The lowest BCUT2D eigenvalue weighted by Gasteiger charge is -2.49. The maximum atomic E-state index is 14.6. The molecule has 3 aromatic rings. The number of anilines is 1. The summed E-state index contributed by atoms with van der Waals surface area (Å²) in [6, 6.07) is 14.4. The number of para-hydroxylation sites is 2. The first-order valence-electron chi connectivity index (χ1n) is 13.7. The van der Waals surface area contributed by atoms with Gasteiger partial charge in [0.15, 0.2) is 0 Å². The highest BCUT2D eigenvalue weighted by Gasteiger charge is 2.67. The normalized spacial score (nSPS) is 28.9. The van der Waals surface area contributed by atoms with Crippen LogP contribution in [-0.2, 0) is 27.0 Å². The second-order valence-corrected chi connectivity index (χ2v) is 12.5. The Morgan fingerprint density at radius 1 is 1.05 bits per heavy atom. The number of hydrogen-bond acceptors (Lipinski definition) is 4. The number of amides is 2. The van der Waals surface area contributed by atoms with E-state index >= 15 is 0 Å². The third-order valence-electron chi connectivity index (χ3n) is 9.45. The molecule has 2 N–H and O–H groups in total. The maximum absolute atomic E-state index is 14.6. The summed E-state index contributed by atoms with van der Waals surface area (Å²) in [5.74, 6) is -0.287. The fraction of sp³-hybridized carbons (Fsp3) is 0.375. The molecule has 1 aromatic heterocycles. The van der Waals surface area contributed by atoms with Crippen LogP contribution in [-0.4, -0.2) is 55.5 Å². The van der Waals surface area contributed by atoms with Gasteiger partial charge in [-0.1, -0.05) is 62.4 Å². The van der Waals surface area contributed by atoms with Gasteiger partial charge in [-0.25, -0.2) is 0 Å². The number of piperazine rings is 1. The summed E-state index contributed by atoms with van der Waals surface area (Å²) in [5.41, 5.74) is 2.44. The number of aromatic amines is 1. The van der Waals surface area contributed by atoms with Crippen LogP contribution in [0.4, 0.5) is 5.69 Å². The molecule has 4 aliphatic rings. The first-order chi connectivity index (χ1) is 18.5. The molecule has 2 aromatic carbocycles. The number of aromatic nitrogens is 1. The Morgan fingerprint density at radius 2 is 1.77 bits per heavy atom. The van der Waals surface area contributed by atoms with E-state index in [2.05, 4.69) is 36.4 Å². The van der Waals surface area contributed by atoms with Crippen LogP contribution in [0.2, 0.25) is 0 Å². The molecule has 0 aliphatic carbocycles. The smallest absolute Gasteiger partial charge is 0.250 e. The van der Waals surface area contributed by atoms with Crippen molar-refractivity contribution in [1.29, 1.82) is 0 Å². The number of nitrogens with zero attached hydrogens (tertiary/aromatic N) is 3. The van der Waals surface area contributed by atoms with Crippen molar-refractivity contribution in [3.63, 3.8) is 0 Å². The second-order valence-electron chi connectivity index (χ2n) is 12.5. The topological polar surface area (TPSA) is 79.9 Å². The quantitative estimate of drug-likeness (QED) is 0.491. The Hall–Kier alpha value is -3.84. The van der Waals surface area contributed by atoms with Crippen molar-refractivity contribution in [2.45, 2.75) is 75.3 Å². The summed E-state index contributed by atoms with van der Waals surface area (Å²) in [6.45, 7) is 12.4. The van der Waals surface area contributed by atoms with Gasteiger partial charge < -0.3 is 24.8 Å². The molecule has 7 rings (SSSR count). The molecule has 4 atom stereocenters. The van der Waals surface area contributed by atoms with Crippen molar-refractivity contribution in [3.05, 3.63) is 90.3 Å². The predicted molar refractivity (Wildman–Crippen MR) is 151 cm³/mol. The summed E-state index contributed by atoms with van der Waals surface area (Å²) in [4.78, 5) is 37.8. The van der Waals surface area contributed by atoms with Crippen LogP contribution in [0.15, 0.2) is 73.5 Å². The molecule has 0 unspecified atom stereocenters. The number of benzene rings is 2. The van der Waals surface area contributed by atoms with Crippen LogP contribution in [0.5, 0.6) is 0 Å². The van der Waals surface area contributed by atoms with Crippen LogP contribution in [0, 0.1) is 0 Å². The lowest BCUT2D eigenvalue weighted by atomic mass is 9.82. The van der Waals surface area contributed by atoms with Gasteiger partial charge in [0.05, 0.1) is 5.54 Å². The Kier molecular flexibility index (Phi) is 4.74. The zero-order valence-electron chi connectivity index (χ0n) is 22.8. The molecule has 7 nitrogen and oxygen atoms in total. The SMILES string of the molecule is C=CC(C)(C)N1c2ccccc2[C@@]2(O)C[C@H]3C(=O)N4C=CC(C)(C)c5[nH]c6ccccc6c5C[C@H]4C(=O)N3[C@@H]12. The highest BCUT2D eigenvalue weighted by molar-refractivity contribution is 6.00. The third kappa shape index (κ3) is 3.02. The maximum Gasteiger partial charge on any atom is 0.250 e. The van der Waals surface area contributed by atoms with Crippen molar-refractivity contribution < 1.29 is 14.7 Å². The van der Waals surface area contributed by atoms with Gasteiger partial charge in [0.25, 0.3) is 0 Å². The summed E-state index contributed by atoms with van der Waals surface area (Å²) < 4.78 is 0. The summed E-state index contributed by atoms with van der Waals surface area (Å²) >= 11 is 0. The molecule has 200 valence electrons. The molecule has 0 spiro atoms. The number of allylic oxidation sites excluding steroid dienone is 1. The van der Waals surface area contributed by atoms with Crippen molar-refractivity contribution >= 4 is 28.4 Å². The number of carbonyl (C=O) groups excluding carboxylic acids is 2. The highest BCUT2D eigenvalue weighted by atomic mass is 16.3. The molecule has 5 heterocycles. The Labute approximate surface area is 228 Å².